The maximum Gasteiger partial charge on any atom is 0.416 e. The van der Waals surface area contributed by atoms with Gasteiger partial charge in [-0.1, -0.05) is 60.9 Å². The Morgan fingerprint density at radius 2 is 1.76 bits per heavy atom. The molecule has 1 heterocycles. The van der Waals surface area contributed by atoms with Gasteiger partial charge in [-0.25, -0.2) is 9.18 Å². The van der Waals surface area contributed by atoms with Crippen molar-refractivity contribution in [2.45, 2.75) is 49.9 Å². The van der Waals surface area contributed by atoms with Gasteiger partial charge in [0.2, 0.25) is 0 Å². The number of halogens is 5. The summed E-state index contributed by atoms with van der Waals surface area (Å²) >= 11 is 6.08. The SMILES string of the molecule is C=CCN(C(=O)N[C@](Cc1ccccc1)(c1cc(F)cc(C(F)(F)F)c1)c1ccc(Cl)cn1)C1CCCC1. The largest absolute Gasteiger partial charge is 0.416 e. The molecule has 2 aromatic carbocycles. The zero-order valence-corrected chi connectivity index (χ0v) is 21.4. The first-order valence-corrected chi connectivity index (χ1v) is 12.7. The first-order valence-electron chi connectivity index (χ1n) is 12.4. The molecule has 9 heteroatoms. The van der Waals surface area contributed by atoms with Gasteiger partial charge in [-0.15, -0.1) is 6.58 Å². The second-order valence-corrected chi connectivity index (χ2v) is 9.90. The fourth-order valence-electron chi connectivity index (χ4n) is 5.06. The van der Waals surface area contributed by atoms with Crippen LogP contribution in [0.15, 0.2) is 79.5 Å². The summed E-state index contributed by atoms with van der Waals surface area (Å²) < 4.78 is 56.2. The molecule has 38 heavy (non-hydrogen) atoms. The van der Waals surface area contributed by atoms with Crippen LogP contribution in [0.1, 0.15) is 48.1 Å². The molecule has 0 bridgehead atoms. The normalized spacial score (nSPS) is 15.6. The first kappa shape index (κ1) is 27.6. The summed E-state index contributed by atoms with van der Waals surface area (Å²) in [5.41, 5.74) is -1.96. The molecule has 1 fully saturated rings. The Morgan fingerprint density at radius 3 is 2.37 bits per heavy atom. The third-order valence-corrected chi connectivity index (χ3v) is 7.09. The van der Waals surface area contributed by atoms with Crippen LogP contribution in [0.4, 0.5) is 22.4 Å². The van der Waals surface area contributed by atoms with E-state index < -0.39 is 29.1 Å². The van der Waals surface area contributed by atoms with Crippen LogP contribution in [0, 0.1) is 5.82 Å². The Hall–Kier alpha value is -3.39. The molecule has 1 aromatic heterocycles. The van der Waals surface area contributed by atoms with E-state index in [9.17, 15) is 22.4 Å². The predicted octanol–water partition coefficient (Wildman–Crippen LogP) is 7.52. The van der Waals surface area contributed by atoms with Crippen molar-refractivity contribution in [3.63, 3.8) is 0 Å². The average molecular weight is 546 g/mol. The van der Waals surface area contributed by atoms with Crippen molar-refractivity contribution in [2.24, 2.45) is 0 Å². The van der Waals surface area contributed by atoms with E-state index in [-0.39, 0.29) is 30.3 Å². The van der Waals surface area contributed by atoms with Gasteiger partial charge in [0.15, 0.2) is 0 Å². The number of nitrogens with zero attached hydrogens (tertiary/aromatic N) is 2. The first-order chi connectivity index (χ1) is 18.1. The lowest BCUT2D eigenvalue weighted by Crippen LogP contribution is -2.55. The number of urea groups is 1. The fraction of sp³-hybridized carbons (Fsp3) is 0.310. The van der Waals surface area contributed by atoms with Crippen molar-refractivity contribution in [1.82, 2.24) is 15.2 Å². The van der Waals surface area contributed by atoms with Crippen molar-refractivity contribution in [3.05, 3.63) is 113 Å². The van der Waals surface area contributed by atoms with Crippen molar-refractivity contribution in [3.8, 4) is 0 Å². The molecule has 4 nitrogen and oxygen atoms in total. The van der Waals surface area contributed by atoms with Gasteiger partial charge in [-0.05, 0) is 54.3 Å². The second-order valence-electron chi connectivity index (χ2n) is 9.47. The molecule has 3 aromatic rings. The van der Waals surface area contributed by atoms with Crippen LogP contribution in [0.25, 0.3) is 0 Å². The topological polar surface area (TPSA) is 45.2 Å². The van der Waals surface area contributed by atoms with Gasteiger partial charge in [0.1, 0.15) is 11.4 Å². The minimum Gasteiger partial charge on any atom is -0.322 e. The second kappa shape index (κ2) is 11.6. The number of carbonyl (C=O) groups excluding carboxylic acids is 1. The van der Waals surface area contributed by atoms with E-state index in [4.69, 9.17) is 11.6 Å². The summed E-state index contributed by atoms with van der Waals surface area (Å²) in [6.07, 6.45) is 1.74. The molecule has 0 saturated heterocycles. The van der Waals surface area contributed by atoms with Gasteiger partial charge >= 0.3 is 12.2 Å². The summed E-state index contributed by atoms with van der Waals surface area (Å²) in [6.45, 7) is 4.02. The quantitative estimate of drug-likeness (QED) is 0.235. The minimum atomic E-state index is -4.80. The molecule has 1 aliphatic rings. The Bertz CT molecular complexity index is 1260. The number of pyridine rings is 1. The number of carbonyl (C=O) groups is 1. The maximum atomic E-state index is 14.8. The number of rotatable bonds is 8. The summed E-state index contributed by atoms with van der Waals surface area (Å²) in [4.78, 5) is 20.0. The van der Waals surface area contributed by atoms with Gasteiger partial charge in [-0.2, -0.15) is 13.2 Å². The molecule has 4 rings (SSSR count). The number of hydrogen-bond acceptors (Lipinski definition) is 2. The highest BCUT2D eigenvalue weighted by atomic mass is 35.5. The number of nitrogens with one attached hydrogen (secondary N) is 1. The molecule has 0 aliphatic heterocycles. The van der Waals surface area contributed by atoms with Crippen molar-refractivity contribution in [2.75, 3.05) is 6.54 Å². The van der Waals surface area contributed by atoms with E-state index in [0.717, 1.165) is 37.8 Å². The lowest BCUT2D eigenvalue weighted by atomic mass is 9.79. The highest BCUT2D eigenvalue weighted by molar-refractivity contribution is 6.30. The third-order valence-electron chi connectivity index (χ3n) is 6.87. The zero-order valence-electron chi connectivity index (χ0n) is 20.6. The highest BCUT2D eigenvalue weighted by Crippen LogP contribution is 2.38. The fourth-order valence-corrected chi connectivity index (χ4v) is 5.17. The highest BCUT2D eigenvalue weighted by Gasteiger charge is 2.42. The van der Waals surface area contributed by atoms with Crippen LogP contribution in [0.3, 0.4) is 0 Å². The number of aromatic nitrogens is 1. The number of alkyl halides is 3. The molecule has 1 aliphatic carbocycles. The number of amides is 2. The maximum absolute atomic E-state index is 14.8. The van der Waals surface area contributed by atoms with Crippen LogP contribution in [-0.4, -0.2) is 28.5 Å². The Kier molecular flexibility index (Phi) is 8.41. The average Bonchev–Trinajstić information content (AvgIpc) is 3.41. The Labute approximate surface area is 224 Å². The molecular formula is C29H28ClF4N3O. The molecule has 1 saturated carbocycles. The lowest BCUT2D eigenvalue weighted by molar-refractivity contribution is -0.137. The van der Waals surface area contributed by atoms with E-state index in [1.165, 1.54) is 18.3 Å². The van der Waals surface area contributed by atoms with E-state index in [1.54, 1.807) is 41.3 Å². The van der Waals surface area contributed by atoms with Crippen LogP contribution in [0.5, 0.6) is 0 Å². The van der Waals surface area contributed by atoms with Crippen LogP contribution >= 0.6 is 11.6 Å². The number of benzene rings is 2. The summed E-state index contributed by atoms with van der Waals surface area (Å²) in [6, 6.07) is 13.8. The molecule has 1 atom stereocenters. The molecule has 2 amide bonds. The van der Waals surface area contributed by atoms with Crippen LogP contribution in [-0.2, 0) is 18.1 Å². The van der Waals surface area contributed by atoms with Gasteiger partial charge in [0.25, 0.3) is 0 Å². The zero-order chi connectivity index (χ0) is 27.3. The summed E-state index contributed by atoms with van der Waals surface area (Å²) in [7, 11) is 0. The lowest BCUT2D eigenvalue weighted by Gasteiger charge is -2.39. The van der Waals surface area contributed by atoms with E-state index >= 15 is 0 Å². The van der Waals surface area contributed by atoms with Crippen molar-refractivity contribution < 1.29 is 22.4 Å². The smallest absolute Gasteiger partial charge is 0.322 e. The predicted molar refractivity (Wildman–Crippen MR) is 139 cm³/mol. The number of hydrogen-bond donors (Lipinski definition) is 1. The van der Waals surface area contributed by atoms with Crippen LogP contribution in [0.2, 0.25) is 5.02 Å². The van der Waals surface area contributed by atoms with Crippen molar-refractivity contribution in [1.29, 1.82) is 0 Å². The van der Waals surface area contributed by atoms with Gasteiger partial charge in [0, 0.05) is 25.2 Å². The summed E-state index contributed by atoms with van der Waals surface area (Å²) in [5.74, 6) is -1.07. The Balaban J connectivity index is 1.93. The van der Waals surface area contributed by atoms with E-state index in [1.807, 2.05) is 0 Å². The van der Waals surface area contributed by atoms with Crippen molar-refractivity contribution >= 4 is 17.6 Å². The molecule has 1 N–H and O–H groups in total. The molecule has 200 valence electrons. The van der Waals surface area contributed by atoms with E-state index in [2.05, 4.69) is 16.9 Å². The Morgan fingerprint density at radius 1 is 1.08 bits per heavy atom. The monoisotopic (exact) mass is 545 g/mol. The van der Waals surface area contributed by atoms with Gasteiger partial charge in [-0.3, -0.25) is 4.98 Å². The molecular weight excluding hydrogens is 518 g/mol. The third kappa shape index (κ3) is 6.18. The minimum absolute atomic E-state index is 0.0154. The van der Waals surface area contributed by atoms with E-state index in [0.29, 0.717) is 16.7 Å². The molecule has 0 spiro atoms. The van der Waals surface area contributed by atoms with Crippen LogP contribution < -0.4 is 5.32 Å². The standard InChI is InChI=1S/C29H28ClF4N3O/c1-2-14-37(25-10-6-7-11-25)27(38)36-28(18-20-8-4-3-5-9-20,26-13-12-23(30)19-35-26)21-15-22(29(32,33)34)17-24(31)16-21/h2-5,8-9,12-13,15-17,19,25H,1,6-7,10-11,14,18H2,(H,36,38)/t28-/m1/s1. The van der Waals surface area contributed by atoms with Gasteiger partial charge in [0.05, 0.1) is 16.3 Å². The van der Waals surface area contributed by atoms with Gasteiger partial charge < -0.3 is 10.2 Å². The summed E-state index contributed by atoms with van der Waals surface area (Å²) in [5, 5.41) is 3.31. The molecule has 0 radical (unpaired) electrons. The molecule has 0 unspecified atom stereocenters.